The maximum Gasteiger partial charge on any atom is 0.221 e. The van der Waals surface area contributed by atoms with Crippen molar-refractivity contribution in [3.63, 3.8) is 0 Å². The number of imidazole rings is 2. The summed E-state index contributed by atoms with van der Waals surface area (Å²) in [4.78, 5) is 5.46. The van der Waals surface area contributed by atoms with Crippen molar-refractivity contribution in [3.8, 4) is 28.6 Å². The molecule has 0 bridgehead atoms. The molecule has 6 nitrogen and oxygen atoms in total. The van der Waals surface area contributed by atoms with Crippen molar-refractivity contribution >= 4 is 60.7 Å². The quantitative estimate of drug-likeness (QED) is 0.205. The van der Waals surface area contributed by atoms with Crippen LogP contribution in [-0.4, -0.2) is 23.1 Å². The highest BCUT2D eigenvalue weighted by Gasteiger charge is 2.28. The van der Waals surface area contributed by atoms with Gasteiger partial charge in [0.1, 0.15) is 5.52 Å². The number of hydrogen-bond donors (Lipinski definition) is 0. The first-order valence-electron chi connectivity index (χ1n) is 15.2. The van der Waals surface area contributed by atoms with Crippen molar-refractivity contribution in [2.45, 2.75) is 0 Å². The standard InChI is InChI=1S/C39H23N5O/c1-2-12-24(13-3-1)41-28-17-7-5-15-26(28)36-38(41)44-30-19-9-8-18-29(30)43(39(44)40-36)32-22-23-34-37-35(32)25-14-4-6-16-27(25)42(37)31-20-10-11-21-33(31)45-34/h1-23H. The number of benzene rings is 6. The predicted molar refractivity (Wildman–Crippen MR) is 181 cm³/mol. The summed E-state index contributed by atoms with van der Waals surface area (Å²) in [5.41, 5.74) is 10.8. The van der Waals surface area contributed by atoms with Gasteiger partial charge in [0.2, 0.25) is 5.78 Å². The van der Waals surface area contributed by atoms with Crippen molar-refractivity contribution < 1.29 is 4.74 Å². The van der Waals surface area contributed by atoms with Crippen LogP contribution >= 0.6 is 0 Å². The summed E-state index contributed by atoms with van der Waals surface area (Å²) in [7, 11) is 0. The molecule has 0 unspecified atom stereocenters. The average Bonchev–Trinajstić information content (AvgIpc) is 3.82. The SMILES string of the molecule is c1ccc(-n2c3ccccc3c3nc4n(-c5ccc6c7c5c5ccccc5n7-c5ccccc5O6)c5ccccc5n4c32)cc1. The van der Waals surface area contributed by atoms with E-state index in [1.54, 1.807) is 0 Å². The van der Waals surface area contributed by atoms with Crippen LogP contribution in [0.5, 0.6) is 11.5 Å². The summed E-state index contributed by atoms with van der Waals surface area (Å²) < 4.78 is 15.9. The molecular weight excluding hydrogens is 554 g/mol. The van der Waals surface area contributed by atoms with Gasteiger partial charge in [-0.15, -0.1) is 0 Å². The summed E-state index contributed by atoms with van der Waals surface area (Å²) in [6.07, 6.45) is 0. The molecule has 0 radical (unpaired) electrons. The van der Waals surface area contributed by atoms with Crippen molar-refractivity contribution in [1.82, 2.24) is 23.1 Å². The van der Waals surface area contributed by atoms with E-state index in [0.29, 0.717) is 0 Å². The molecule has 6 heteroatoms. The zero-order valence-electron chi connectivity index (χ0n) is 23.9. The Hall–Kier alpha value is -6.27. The molecule has 0 fully saturated rings. The van der Waals surface area contributed by atoms with Crippen molar-refractivity contribution in [2.24, 2.45) is 0 Å². The van der Waals surface area contributed by atoms with Crippen molar-refractivity contribution in [1.29, 1.82) is 0 Å². The fourth-order valence-corrected chi connectivity index (χ4v) is 7.58. The largest absolute Gasteiger partial charge is 0.453 e. The van der Waals surface area contributed by atoms with Crippen molar-refractivity contribution in [3.05, 3.63) is 140 Å². The number of ether oxygens (including phenoxy) is 1. The minimum Gasteiger partial charge on any atom is -0.453 e. The van der Waals surface area contributed by atoms with Crippen LogP contribution in [0.25, 0.3) is 77.7 Å². The Kier molecular flexibility index (Phi) is 4.24. The third kappa shape index (κ3) is 2.82. The Morgan fingerprint density at radius 1 is 0.467 bits per heavy atom. The minimum atomic E-state index is 0.853. The Bertz CT molecular complexity index is 2850. The van der Waals surface area contributed by atoms with Crippen LogP contribution in [0.15, 0.2) is 140 Å². The molecule has 0 N–H and O–H groups in total. The number of rotatable bonds is 2. The number of para-hydroxylation sites is 7. The summed E-state index contributed by atoms with van der Waals surface area (Å²) in [5, 5.41) is 3.45. The lowest BCUT2D eigenvalue weighted by atomic mass is 10.1. The van der Waals surface area contributed by atoms with E-state index in [-0.39, 0.29) is 0 Å². The molecule has 0 saturated carbocycles. The molecule has 4 aromatic heterocycles. The molecule has 210 valence electrons. The van der Waals surface area contributed by atoms with Crippen LogP contribution in [0.3, 0.4) is 0 Å². The number of aromatic nitrogens is 5. The maximum absolute atomic E-state index is 6.52. The van der Waals surface area contributed by atoms with Gasteiger partial charge >= 0.3 is 0 Å². The van der Waals surface area contributed by atoms with Gasteiger partial charge < -0.3 is 9.30 Å². The summed E-state index contributed by atoms with van der Waals surface area (Å²) in [6, 6.07) is 49.0. The van der Waals surface area contributed by atoms with Gasteiger partial charge in [0.15, 0.2) is 17.1 Å². The smallest absolute Gasteiger partial charge is 0.221 e. The molecule has 6 aromatic carbocycles. The number of fused-ring (bicyclic) bond motifs is 12. The third-order valence-corrected chi connectivity index (χ3v) is 9.35. The van der Waals surface area contributed by atoms with Gasteiger partial charge in [0.05, 0.1) is 39.0 Å². The van der Waals surface area contributed by atoms with Crippen molar-refractivity contribution in [2.75, 3.05) is 0 Å². The van der Waals surface area contributed by atoms with E-state index in [2.05, 4.69) is 145 Å². The van der Waals surface area contributed by atoms with E-state index >= 15 is 0 Å². The maximum atomic E-state index is 6.52. The molecule has 1 aliphatic heterocycles. The first kappa shape index (κ1) is 23.2. The average molecular weight is 578 g/mol. The van der Waals surface area contributed by atoms with Gasteiger partial charge in [0.25, 0.3) is 0 Å². The van der Waals surface area contributed by atoms with Crippen LogP contribution < -0.4 is 4.74 Å². The fraction of sp³-hybridized carbons (Fsp3) is 0. The molecule has 0 atom stereocenters. The van der Waals surface area contributed by atoms with E-state index in [9.17, 15) is 0 Å². The summed E-state index contributed by atoms with van der Waals surface area (Å²) in [6.45, 7) is 0. The highest BCUT2D eigenvalue weighted by Crippen LogP contribution is 2.48. The highest BCUT2D eigenvalue weighted by atomic mass is 16.5. The first-order valence-corrected chi connectivity index (χ1v) is 15.2. The third-order valence-electron chi connectivity index (χ3n) is 9.35. The van der Waals surface area contributed by atoms with Crippen LogP contribution in [0.2, 0.25) is 0 Å². The molecular formula is C39H23N5O. The Morgan fingerprint density at radius 3 is 1.98 bits per heavy atom. The lowest BCUT2D eigenvalue weighted by Crippen LogP contribution is -2.05. The first-order chi connectivity index (χ1) is 22.4. The minimum absolute atomic E-state index is 0.853. The van der Waals surface area contributed by atoms with E-state index in [0.717, 1.165) is 83.9 Å². The lowest BCUT2D eigenvalue weighted by Gasteiger charge is -2.21. The normalized spacial score (nSPS) is 12.6. The van der Waals surface area contributed by atoms with Crippen LogP contribution in [0.4, 0.5) is 0 Å². The van der Waals surface area contributed by atoms with Gasteiger partial charge in [-0.3, -0.25) is 13.5 Å². The van der Waals surface area contributed by atoms with E-state index in [1.807, 2.05) is 12.1 Å². The Morgan fingerprint density at radius 2 is 1.13 bits per heavy atom. The van der Waals surface area contributed by atoms with Gasteiger partial charge in [-0.25, -0.2) is 4.98 Å². The molecule has 0 aliphatic carbocycles. The topological polar surface area (TPSA) is 41.3 Å². The van der Waals surface area contributed by atoms with E-state index in [1.165, 1.54) is 5.39 Å². The molecule has 5 heterocycles. The summed E-state index contributed by atoms with van der Waals surface area (Å²) in [5.74, 6) is 2.59. The second kappa shape index (κ2) is 8.21. The monoisotopic (exact) mass is 577 g/mol. The Balaban J connectivity index is 1.34. The number of nitrogens with zero attached hydrogens (tertiary/aromatic N) is 5. The zero-order chi connectivity index (χ0) is 29.2. The van der Waals surface area contributed by atoms with Gasteiger partial charge in [-0.1, -0.05) is 78.9 Å². The molecule has 0 spiro atoms. The number of hydrogen-bond acceptors (Lipinski definition) is 2. The lowest BCUT2D eigenvalue weighted by molar-refractivity contribution is 0.476. The molecule has 0 amide bonds. The van der Waals surface area contributed by atoms with Gasteiger partial charge in [0, 0.05) is 21.8 Å². The molecule has 45 heavy (non-hydrogen) atoms. The molecule has 0 saturated heterocycles. The molecule has 1 aliphatic rings. The van der Waals surface area contributed by atoms with Crippen LogP contribution in [-0.2, 0) is 0 Å². The van der Waals surface area contributed by atoms with Crippen LogP contribution in [0.1, 0.15) is 0 Å². The second-order valence-corrected chi connectivity index (χ2v) is 11.7. The zero-order valence-corrected chi connectivity index (χ0v) is 23.9. The van der Waals surface area contributed by atoms with E-state index in [4.69, 9.17) is 9.72 Å². The molecule has 10 aromatic rings. The van der Waals surface area contributed by atoms with Gasteiger partial charge in [-0.05, 0) is 60.7 Å². The molecule has 11 rings (SSSR count). The van der Waals surface area contributed by atoms with E-state index < -0.39 is 0 Å². The fourth-order valence-electron chi connectivity index (χ4n) is 7.58. The predicted octanol–water partition coefficient (Wildman–Crippen LogP) is 9.58. The Labute approximate surface area is 256 Å². The van der Waals surface area contributed by atoms with Gasteiger partial charge in [-0.2, -0.15) is 0 Å². The van der Waals surface area contributed by atoms with Crippen LogP contribution in [0, 0.1) is 0 Å². The second-order valence-electron chi connectivity index (χ2n) is 11.7. The highest BCUT2D eigenvalue weighted by molar-refractivity contribution is 6.17. The summed E-state index contributed by atoms with van der Waals surface area (Å²) >= 11 is 0.